The molecule has 6 heteroatoms. The normalized spacial score (nSPS) is 10.3. The molecule has 0 bridgehead atoms. The second-order valence-corrected chi connectivity index (χ2v) is 3.93. The van der Waals surface area contributed by atoms with Crippen LogP contribution in [-0.2, 0) is 14.3 Å². The van der Waals surface area contributed by atoms with Gasteiger partial charge in [-0.1, -0.05) is 6.92 Å². The minimum atomic E-state index is -0.392. The number of rotatable bonds is 6. The minimum Gasteiger partial charge on any atom is -0.468 e. The summed E-state index contributed by atoms with van der Waals surface area (Å²) in [7, 11) is 1.30. The van der Waals surface area contributed by atoms with Crippen molar-refractivity contribution < 1.29 is 18.7 Å². The van der Waals surface area contributed by atoms with Gasteiger partial charge in [0.15, 0.2) is 0 Å². The monoisotopic (exact) mass is 268 g/mol. The van der Waals surface area contributed by atoms with E-state index in [1.54, 1.807) is 4.90 Å². The Labute approximate surface area is 111 Å². The van der Waals surface area contributed by atoms with E-state index in [2.05, 4.69) is 10.1 Å². The summed E-state index contributed by atoms with van der Waals surface area (Å²) in [6, 6.07) is 5.48. The van der Waals surface area contributed by atoms with Crippen molar-refractivity contribution in [1.29, 1.82) is 0 Å². The number of hydrogen-bond acceptors (Lipinski definition) is 4. The Balaban J connectivity index is 2.49. The van der Waals surface area contributed by atoms with Crippen molar-refractivity contribution in [2.24, 2.45) is 0 Å². The minimum absolute atomic E-state index is 0.0594. The predicted molar refractivity (Wildman–Crippen MR) is 69.2 cm³/mol. The van der Waals surface area contributed by atoms with Crippen LogP contribution in [0.3, 0.4) is 0 Å². The van der Waals surface area contributed by atoms with Crippen LogP contribution in [0.5, 0.6) is 0 Å². The van der Waals surface area contributed by atoms with E-state index in [0.717, 1.165) is 0 Å². The summed E-state index contributed by atoms with van der Waals surface area (Å²) < 4.78 is 17.2. The third-order valence-corrected chi connectivity index (χ3v) is 2.52. The fraction of sp³-hybridized carbons (Fsp3) is 0.385. The molecule has 0 fully saturated rings. The first kappa shape index (κ1) is 15.1. The first-order valence-corrected chi connectivity index (χ1v) is 5.89. The molecular formula is C13H17FN2O3. The van der Waals surface area contributed by atoms with Crippen molar-refractivity contribution in [2.75, 3.05) is 32.1 Å². The Kier molecular flexibility index (Phi) is 5.95. The van der Waals surface area contributed by atoms with E-state index < -0.39 is 5.97 Å². The molecule has 0 aliphatic rings. The molecule has 0 saturated heterocycles. The maximum Gasteiger partial charge on any atom is 0.319 e. The van der Waals surface area contributed by atoms with Gasteiger partial charge in [-0.2, -0.15) is 0 Å². The number of halogens is 1. The number of benzene rings is 1. The Morgan fingerprint density at radius 1 is 1.26 bits per heavy atom. The zero-order valence-corrected chi connectivity index (χ0v) is 11.0. The molecule has 0 unspecified atom stereocenters. The maximum atomic E-state index is 12.7. The van der Waals surface area contributed by atoms with Crippen molar-refractivity contribution in [3.8, 4) is 0 Å². The lowest BCUT2D eigenvalue weighted by Crippen LogP contribution is -2.37. The van der Waals surface area contributed by atoms with Crippen LogP contribution in [-0.4, -0.2) is 43.5 Å². The fourth-order valence-electron chi connectivity index (χ4n) is 1.46. The third-order valence-electron chi connectivity index (χ3n) is 2.52. The summed E-state index contributed by atoms with van der Waals surface area (Å²) in [4.78, 5) is 24.5. The van der Waals surface area contributed by atoms with Gasteiger partial charge in [-0.05, 0) is 30.8 Å². The summed E-state index contributed by atoms with van der Waals surface area (Å²) in [5.74, 6) is -1.02. The maximum absolute atomic E-state index is 12.7. The van der Waals surface area contributed by atoms with Crippen LogP contribution in [0.2, 0.25) is 0 Å². The lowest BCUT2D eigenvalue weighted by molar-refractivity contribution is -0.142. The summed E-state index contributed by atoms with van der Waals surface area (Å²) in [5, 5.41) is 2.63. The smallest absolute Gasteiger partial charge is 0.319 e. The first-order chi connectivity index (χ1) is 9.05. The molecular weight excluding hydrogens is 251 g/mol. The highest BCUT2D eigenvalue weighted by Gasteiger charge is 2.13. The van der Waals surface area contributed by atoms with Crippen molar-refractivity contribution in [3.05, 3.63) is 30.1 Å². The highest BCUT2D eigenvalue weighted by Crippen LogP contribution is 2.08. The van der Waals surface area contributed by atoms with Crippen LogP contribution in [0.4, 0.5) is 10.1 Å². The van der Waals surface area contributed by atoms with Gasteiger partial charge in [0, 0.05) is 5.69 Å². The van der Waals surface area contributed by atoms with E-state index in [-0.39, 0.29) is 24.8 Å². The molecule has 1 rings (SSSR count). The average molecular weight is 268 g/mol. The third kappa shape index (κ3) is 5.48. The van der Waals surface area contributed by atoms with Crippen LogP contribution in [0.1, 0.15) is 6.92 Å². The lowest BCUT2D eigenvalue weighted by Gasteiger charge is -2.18. The Morgan fingerprint density at radius 2 is 1.89 bits per heavy atom. The summed E-state index contributed by atoms with van der Waals surface area (Å²) in [5.41, 5.74) is 0.514. The predicted octanol–water partition coefficient (Wildman–Crippen LogP) is 1.26. The molecule has 0 radical (unpaired) electrons. The van der Waals surface area contributed by atoms with E-state index in [9.17, 15) is 14.0 Å². The zero-order chi connectivity index (χ0) is 14.3. The SMILES string of the molecule is CCN(CC(=O)Nc1ccc(F)cc1)CC(=O)OC. The highest BCUT2D eigenvalue weighted by molar-refractivity contribution is 5.92. The van der Waals surface area contributed by atoms with E-state index in [0.29, 0.717) is 12.2 Å². The Morgan fingerprint density at radius 3 is 2.42 bits per heavy atom. The van der Waals surface area contributed by atoms with Crippen molar-refractivity contribution >= 4 is 17.6 Å². The first-order valence-electron chi connectivity index (χ1n) is 5.89. The molecule has 19 heavy (non-hydrogen) atoms. The van der Waals surface area contributed by atoms with Gasteiger partial charge in [0.1, 0.15) is 5.82 Å². The standard InChI is InChI=1S/C13H17FN2O3/c1-3-16(9-13(18)19-2)8-12(17)15-11-6-4-10(14)5-7-11/h4-7H,3,8-9H2,1-2H3,(H,15,17). The number of amides is 1. The molecule has 0 heterocycles. The van der Waals surface area contributed by atoms with E-state index in [1.807, 2.05) is 6.92 Å². The van der Waals surface area contributed by atoms with Gasteiger partial charge in [0.2, 0.25) is 5.91 Å². The summed E-state index contributed by atoms with van der Waals surface area (Å²) >= 11 is 0. The molecule has 0 spiro atoms. The van der Waals surface area contributed by atoms with E-state index in [4.69, 9.17) is 0 Å². The largest absolute Gasteiger partial charge is 0.468 e. The quantitative estimate of drug-likeness (QED) is 0.789. The molecule has 0 saturated carbocycles. The molecule has 1 N–H and O–H groups in total. The van der Waals surface area contributed by atoms with Crippen LogP contribution in [0, 0.1) is 5.82 Å². The number of esters is 1. The van der Waals surface area contributed by atoms with Crippen LogP contribution in [0.25, 0.3) is 0 Å². The number of ether oxygens (including phenoxy) is 1. The van der Waals surface area contributed by atoms with Gasteiger partial charge in [0.25, 0.3) is 0 Å². The Bertz CT molecular complexity index is 434. The van der Waals surface area contributed by atoms with Gasteiger partial charge in [-0.15, -0.1) is 0 Å². The molecule has 104 valence electrons. The molecule has 1 aromatic carbocycles. The molecule has 1 amide bonds. The van der Waals surface area contributed by atoms with E-state index >= 15 is 0 Å². The van der Waals surface area contributed by atoms with Gasteiger partial charge in [0.05, 0.1) is 20.2 Å². The average Bonchev–Trinajstić information content (AvgIpc) is 2.40. The number of carbonyl (C=O) groups excluding carboxylic acids is 2. The lowest BCUT2D eigenvalue weighted by atomic mass is 10.3. The number of methoxy groups -OCH3 is 1. The van der Waals surface area contributed by atoms with E-state index in [1.165, 1.54) is 31.4 Å². The van der Waals surface area contributed by atoms with Crippen LogP contribution >= 0.6 is 0 Å². The number of anilines is 1. The number of nitrogens with one attached hydrogen (secondary N) is 1. The summed E-state index contributed by atoms with van der Waals surface area (Å²) in [6.07, 6.45) is 0. The molecule has 5 nitrogen and oxygen atoms in total. The summed E-state index contributed by atoms with van der Waals surface area (Å²) in [6.45, 7) is 2.52. The molecule has 0 atom stereocenters. The highest BCUT2D eigenvalue weighted by atomic mass is 19.1. The van der Waals surface area contributed by atoms with Crippen LogP contribution < -0.4 is 5.32 Å². The number of carbonyl (C=O) groups is 2. The Hall–Kier alpha value is -1.95. The van der Waals surface area contributed by atoms with Crippen LogP contribution in [0.15, 0.2) is 24.3 Å². The van der Waals surface area contributed by atoms with Crippen molar-refractivity contribution in [3.63, 3.8) is 0 Å². The van der Waals surface area contributed by atoms with Gasteiger partial charge in [-0.3, -0.25) is 14.5 Å². The second-order valence-electron chi connectivity index (χ2n) is 3.93. The second kappa shape index (κ2) is 7.48. The van der Waals surface area contributed by atoms with Gasteiger partial charge < -0.3 is 10.1 Å². The molecule has 1 aromatic rings. The number of hydrogen-bond donors (Lipinski definition) is 1. The number of nitrogens with zero attached hydrogens (tertiary/aromatic N) is 1. The van der Waals surface area contributed by atoms with Gasteiger partial charge >= 0.3 is 5.97 Å². The fourth-order valence-corrected chi connectivity index (χ4v) is 1.46. The molecule has 0 aliphatic heterocycles. The zero-order valence-electron chi connectivity index (χ0n) is 11.0. The van der Waals surface area contributed by atoms with Crippen molar-refractivity contribution in [2.45, 2.75) is 6.92 Å². The number of likely N-dealkylation sites (N-methyl/N-ethyl adjacent to an activating group) is 1. The molecule has 0 aromatic heterocycles. The van der Waals surface area contributed by atoms with Crippen molar-refractivity contribution in [1.82, 2.24) is 4.90 Å². The molecule has 0 aliphatic carbocycles. The topological polar surface area (TPSA) is 58.6 Å². The van der Waals surface area contributed by atoms with Gasteiger partial charge in [-0.25, -0.2) is 4.39 Å².